The van der Waals surface area contributed by atoms with E-state index in [2.05, 4.69) is 5.32 Å². The number of hydrogen-bond donors (Lipinski definition) is 1. The van der Waals surface area contributed by atoms with Crippen molar-refractivity contribution >= 4 is 33.3 Å². The number of amides is 2. The smallest absolute Gasteiger partial charge is 0.408 e. The quantitative estimate of drug-likeness (QED) is 0.438. The number of hydrogen-bond acceptors (Lipinski definition) is 8. The van der Waals surface area contributed by atoms with Gasteiger partial charge in [-0.25, -0.2) is 17.6 Å². The molecule has 0 aliphatic carbocycles. The first-order valence-corrected chi connectivity index (χ1v) is 15.5. The second kappa shape index (κ2) is 12.8. The maximum Gasteiger partial charge on any atom is 0.408 e. The molecule has 2 aliphatic heterocycles. The Bertz CT molecular complexity index is 1430. The van der Waals surface area contributed by atoms with Gasteiger partial charge in [-0.3, -0.25) is 9.59 Å². The van der Waals surface area contributed by atoms with Crippen molar-refractivity contribution in [2.45, 2.75) is 69.5 Å². The van der Waals surface area contributed by atoms with E-state index in [-0.39, 0.29) is 30.1 Å². The Morgan fingerprint density at radius 3 is 2.40 bits per heavy atom. The Hall–Kier alpha value is -3.51. The van der Waals surface area contributed by atoms with Gasteiger partial charge in [-0.05, 0) is 75.8 Å². The topological polar surface area (TPSA) is 128 Å². The molecule has 0 spiro atoms. The summed E-state index contributed by atoms with van der Waals surface area (Å²) in [5.41, 5.74) is -0.699. The molecule has 0 unspecified atom stereocenters. The average Bonchev–Trinajstić information content (AvgIpc) is 3.00. The Kier molecular flexibility index (Phi) is 9.56. The lowest BCUT2D eigenvalue weighted by Gasteiger charge is -2.27. The highest BCUT2D eigenvalue weighted by Crippen LogP contribution is 2.35. The zero-order valence-electron chi connectivity index (χ0n) is 24.3. The molecule has 12 heteroatoms. The highest BCUT2D eigenvalue weighted by Gasteiger charge is 2.40. The second-order valence-electron chi connectivity index (χ2n) is 11.6. The second-order valence-corrected chi connectivity index (χ2v) is 13.6. The lowest BCUT2D eigenvalue weighted by Crippen LogP contribution is -2.51. The van der Waals surface area contributed by atoms with Crippen molar-refractivity contribution in [1.29, 1.82) is 0 Å². The number of nitrogens with zero attached hydrogens (tertiary/aromatic N) is 1. The van der Waals surface area contributed by atoms with Gasteiger partial charge in [0.1, 0.15) is 23.2 Å². The van der Waals surface area contributed by atoms with Crippen LogP contribution in [0.5, 0.6) is 5.75 Å². The summed E-state index contributed by atoms with van der Waals surface area (Å²) in [7, 11) is -2.79. The van der Waals surface area contributed by atoms with E-state index < -0.39 is 55.7 Å². The van der Waals surface area contributed by atoms with E-state index in [9.17, 15) is 22.8 Å². The van der Waals surface area contributed by atoms with E-state index >= 15 is 4.39 Å². The third-order valence-electron chi connectivity index (χ3n) is 7.24. The monoisotopic (exact) mass is 604 g/mol. The van der Waals surface area contributed by atoms with Gasteiger partial charge in [-0.1, -0.05) is 12.1 Å². The number of ketones is 1. The summed E-state index contributed by atoms with van der Waals surface area (Å²) in [6.45, 7) is 6.02. The molecule has 2 aromatic carbocycles. The van der Waals surface area contributed by atoms with Gasteiger partial charge in [0, 0.05) is 19.6 Å². The van der Waals surface area contributed by atoms with Gasteiger partial charge in [0.25, 0.3) is 5.91 Å². The number of nitrogens with one attached hydrogen (secondary N) is 1. The Balaban J connectivity index is 1.73. The van der Waals surface area contributed by atoms with Crippen molar-refractivity contribution in [3.8, 4) is 5.75 Å². The van der Waals surface area contributed by atoms with Crippen molar-refractivity contribution in [3.05, 3.63) is 53.3 Å². The molecule has 2 aromatic rings. The SMILES string of the molecule is COc1ccc(CN2C(=O)[C@@H](NC(=O)OC(C)(C)C)CS(=O)(=O)c3cc(F)c(C(=O)CCC4CCOCC4)cc32)cc1. The number of alkyl carbamates (subject to hydrolysis) is 1. The minimum Gasteiger partial charge on any atom is -0.497 e. The lowest BCUT2D eigenvalue weighted by molar-refractivity contribution is -0.120. The minimum atomic E-state index is -4.30. The number of anilines is 1. The Morgan fingerprint density at radius 1 is 1.12 bits per heavy atom. The molecule has 2 aliphatic rings. The maximum atomic E-state index is 15.4. The molecule has 1 N–H and O–H groups in total. The van der Waals surface area contributed by atoms with Crippen LogP contribution < -0.4 is 15.0 Å². The van der Waals surface area contributed by atoms with Gasteiger partial charge < -0.3 is 24.4 Å². The van der Waals surface area contributed by atoms with Crippen LogP contribution in [0.2, 0.25) is 0 Å². The molecule has 0 aromatic heterocycles. The van der Waals surface area contributed by atoms with Crippen LogP contribution in [0.3, 0.4) is 0 Å². The molecule has 228 valence electrons. The van der Waals surface area contributed by atoms with E-state index in [1.807, 2.05) is 0 Å². The van der Waals surface area contributed by atoms with Crippen molar-refractivity contribution in [2.24, 2.45) is 5.92 Å². The number of ether oxygens (including phenoxy) is 3. The predicted octanol–water partition coefficient (Wildman–Crippen LogP) is 4.44. The summed E-state index contributed by atoms with van der Waals surface area (Å²) in [6, 6.07) is 7.19. The van der Waals surface area contributed by atoms with Crippen molar-refractivity contribution in [1.82, 2.24) is 5.32 Å². The lowest BCUT2D eigenvalue weighted by atomic mass is 9.92. The average molecular weight is 605 g/mol. The number of methoxy groups -OCH3 is 1. The van der Waals surface area contributed by atoms with Crippen LogP contribution in [0.15, 0.2) is 41.3 Å². The molecule has 1 atom stereocenters. The summed E-state index contributed by atoms with van der Waals surface area (Å²) in [5, 5.41) is 2.38. The number of carbonyl (C=O) groups excluding carboxylic acids is 3. The van der Waals surface area contributed by atoms with Gasteiger partial charge in [0.05, 0.1) is 35.6 Å². The number of Topliss-reactive ketones (excluding diaryl/α,β-unsaturated/α-hetero) is 1. The third-order valence-corrected chi connectivity index (χ3v) is 9.01. The van der Waals surface area contributed by atoms with Crippen LogP contribution in [-0.2, 0) is 30.7 Å². The van der Waals surface area contributed by atoms with Gasteiger partial charge >= 0.3 is 6.09 Å². The van der Waals surface area contributed by atoms with Crippen molar-refractivity contribution in [3.63, 3.8) is 0 Å². The maximum absolute atomic E-state index is 15.4. The van der Waals surface area contributed by atoms with E-state index in [4.69, 9.17) is 14.2 Å². The van der Waals surface area contributed by atoms with Gasteiger partial charge in [0.15, 0.2) is 15.6 Å². The molecule has 0 bridgehead atoms. The minimum absolute atomic E-state index is 0.0718. The summed E-state index contributed by atoms with van der Waals surface area (Å²) in [6.07, 6.45) is 1.28. The summed E-state index contributed by atoms with van der Waals surface area (Å²) in [5.74, 6) is -2.17. The fourth-order valence-corrected chi connectivity index (χ4v) is 6.65. The largest absolute Gasteiger partial charge is 0.497 e. The van der Waals surface area contributed by atoms with Crippen LogP contribution >= 0.6 is 0 Å². The highest BCUT2D eigenvalue weighted by atomic mass is 32.2. The molecule has 10 nitrogen and oxygen atoms in total. The number of carbonyl (C=O) groups is 3. The van der Waals surface area contributed by atoms with E-state index in [0.717, 1.165) is 25.0 Å². The molecular weight excluding hydrogens is 567 g/mol. The highest BCUT2D eigenvalue weighted by molar-refractivity contribution is 7.91. The van der Waals surface area contributed by atoms with Crippen molar-refractivity contribution < 1.29 is 41.4 Å². The molecule has 2 heterocycles. The zero-order valence-corrected chi connectivity index (χ0v) is 25.1. The van der Waals surface area contributed by atoms with Crippen LogP contribution in [0, 0.1) is 11.7 Å². The molecule has 1 saturated heterocycles. The molecule has 2 amide bonds. The molecule has 0 radical (unpaired) electrons. The first-order valence-electron chi connectivity index (χ1n) is 13.9. The van der Waals surface area contributed by atoms with Gasteiger partial charge in [0.2, 0.25) is 0 Å². The van der Waals surface area contributed by atoms with Crippen LogP contribution in [0.1, 0.15) is 62.4 Å². The Morgan fingerprint density at radius 2 is 1.79 bits per heavy atom. The molecule has 0 saturated carbocycles. The zero-order chi connectivity index (χ0) is 30.7. The number of fused-ring (bicyclic) bond motifs is 1. The first kappa shape index (κ1) is 31.4. The summed E-state index contributed by atoms with van der Waals surface area (Å²) < 4.78 is 58.2. The van der Waals surface area contributed by atoms with Gasteiger partial charge in [-0.15, -0.1) is 0 Å². The number of rotatable bonds is 8. The normalized spacial score (nSPS) is 19.0. The number of benzene rings is 2. The third kappa shape index (κ3) is 7.65. The fraction of sp³-hybridized carbons (Fsp3) is 0.500. The van der Waals surface area contributed by atoms with Gasteiger partial charge in [-0.2, -0.15) is 0 Å². The fourth-order valence-electron chi connectivity index (χ4n) is 5.04. The van der Waals surface area contributed by atoms with E-state index in [1.54, 1.807) is 45.0 Å². The standard InChI is InChI=1S/C30H37FN2O8S/c1-30(2,3)41-29(36)32-24-18-42(37,38)27-16-23(31)22(26(34)10-7-19-11-13-40-14-12-19)15-25(27)33(28(24)35)17-20-5-8-21(39-4)9-6-20/h5-6,8-9,15-16,19,24H,7,10-14,17-18H2,1-4H3,(H,32,36)/t24-/m0/s1. The van der Waals surface area contributed by atoms with Crippen molar-refractivity contribution in [2.75, 3.05) is 31.0 Å². The predicted molar refractivity (Wildman–Crippen MR) is 153 cm³/mol. The Labute approximate surface area is 245 Å². The number of halogens is 1. The van der Waals surface area contributed by atoms with E-state index in [1.165, 1.54) is 12.0 Å². The van der Waals surface area contributed by atoms with Crippen LogP contribution in [-0.4, -0.2) is 63.9 Å². The van der Waals surface area contributed by atoms with Crippen LogP contribution in [0.25, 0.3) is 0 Å². The summed E-state index contributed by atoms with van der Waals surface area (Å²) >= 11 is 0. The van der Waals surface area contributed by atoms with Crippen LogP contribution in [0.4, 0.5) is 14.9 Å². The molecule has 4 rings (SSSR count). The summed E-state index contributed by atoms with van der Waals surface area (Å²) in [4.78, 5) is 40.4. The molecular formula is C30H37FN2O8S. The molecule has 42 heavy (non-hydrogen) atoms. The van der Waals surface area contributed by atoms with E-state index in [0.29, 0.717) is 30.9 Å². The number of sulfone groups is 1. The molecule has 1 fully saturated rings. The first-order chi connectivity index (χ1) is 19.8.